The first-order valence-corrected chi connectivity index (χ1v) is 34.1. The molecule has 0 spiro atoms. The molecular weight excluding hydrogens is 1340 g/mol. The Balaban J connectivity index is 0.948. The summed E-state index contributed by atoms with van der Waals surface area (Å²) in [4.78, 5) is 172. The lowest BCUT2D eigenvalue weighted by Gasteiger charge is -2.30. The fourth-order valence-electron chi connectivity index (χ4n) is 12.4. The number of H-pyrrole nitrogens is 2. The van der Waals surface area contributed by atoms with E-state index in [-0.39, 0.29) is 82.4 Å². The van der Waals surface area contributed by atoms with Gasteiger partial charge in [0.05, 0.1) is 19.5 Å². The maximum atomic E-state index is 15.1. The highest BCUT2D eigenvalue weighted by atomic mass is 16.3. The van der Waals surface area contributed by atoms with E-state index in [1.807, 2.05) is 54.6 Å². The fourth-order valence-corrected chi connectivity index (χ4v) is 12.4. The summed E-state index contributed by atoms with van der Waals surface area (Å²) in [7, 11) is 0. The Morgan fingerprint density at radius 1 is 0.538 bits per heavy atom. The number of unbranched alkanes of at least 4 members (excludes halogenated alkanes) is 1. The van der Waals surface area contributed by atoms with Crippen molar-refractivity contribution in [3.05, 3.63) is 192 Å². The quantitative estimate of drug-likeness (QED) is 0.0234. The monoisotopic (exact) mass is 1420 g/mol. The molecule has 0 unspecified atom stereocenters. The number of likely N-dealkylation sites (tertiary alicyclic amines) is 1. The van der Waals surface area contributed by atoms with E-state index in [2.05, 4.69) is 67.8 Å². The Morgan fingerprint density at radius 2 is 1.07 bits per heavy atom. The number of carbonyl (C=O) groups is 11. The average molecular weight is 1420 g/mol. The smallest absolute Gasteiger partial charge is 0.246 e. The van der Waals surface area contributed by atoms with Crippen LogP contribution in [0, 0.1) is 0 Å². The Bertz CT molecular complexity index is 4310. The molecule has 4 heterocycles. The van der Waals surface area contributed by atoms with Crippen LogP contribution in [0.4, 0.5) is 0 Å². The van der Waals surface area contributed by atoms with Crippen molar-refractivity contribution in [3.8, 4) is 11.5 Å². The van der Waals surface area contributed by atoms with Crippen molar-refractivity contribution in [3.63, 3.8) is 0 Å². The maximum Gasteiger partial charge on any atom is 0.246 e. The van der Waals surface area contributed by atoms with Gasteiger partial charge in [0.15, 0.2) is 0 Å². The molecule has 30 heteroatoms. The van der Waals surface area contributed by atoms with Crippen LogP contribution in [0.1, 0.15) is 72.5 Å². The number of hydrogen-bond acceptors (Lipinski definition) is 17. The lowest BCUT2D eigenvalue weighted by atomic mass is 9.99. The average Bonchev–Trinajstić information content (AvgIpc) is 1.67. The second-order valence-electron chi connectivity index (χ2n) is 25.6. The Hall–Kier alpha value is -12.1. The highest BCUT2D eigenvalue weighted by molar-refractivity contribution is 6.00. The van der Waals surface area contributed by atoms with E-state index < -0.39 is 133 Å². The number of carbonyl (C=O) groups excluding carboxylic acids is 11. The first kappa shape index (κ1) is 76.1. The van der Waals surface area contributed by atoms with E-state index >= 15 is 9.59 Å². The first-order chi connectivity index (χ1) is 50.1. The molecule has 0 radical (unpaired) electrons. The van der Waals surface area contributed by atoms with Crippen LogP contribution in [0.5, 0.6) is 11.5 Å². The van der Waals surface area contributed by atoms with Crippen LogP contribution in [0.2, 0.25) is 0 Å². The van der Waals surface area contributed by atoms with Gasteiger partial charge < -0.3 is 89.5 Å². The Kier molecular flexibility index (Phi) is 27.1. The number of fused-ring (bicyclic) bond motifs is 2. The minimum Gasteiger partial charge on any atom is -0.508 e. The SMILES string of the molecule is CC(=O)N[C@H](Cc1ccc2ccccc2c1)C(=O)N[C@@H](Cc1ccc(O)cc1)C(=O)N[C@H](Cc1cccnc1)C(=O)N[C@@H](CO)C(=O)N[C@@H](Cc1cnc[nH]1)C(=O)N[C@H](CCCCN)C(=O)N[C@@H](Cc1c[nH]c2ccccc12)C(=O)N[C@@H](Cc1ccc(O)cc1)C(=O)N1CCC[C@H]1C(=O)NCC(N)=O. The number of rotatable bonds is 36. The van der Waals surface area contributed by atoms with Gasteiger partial charge in [0.1, 0.15) is 65.9 Å². The minimum atomic E-state index is -1.82. The predicted octanol–water partition coefficient (Wildman–Crippen LogP) is 0.218. The number of aliphatic hydroxyl groups is 1. The van der Waals surface area contributed by atoms with Gasteiger partial charge in [-0.1, -0.05) is 91.0 Å². The van der Waals surface area contributed by atoms with E-state index in [0.29, 0.717) is 57.3 Å². The molecule has 3 aromatic heterocycles. The van der Waals surface area contributed by atoms with Crippen LogP contribution in [0.15, 0.2) is 159 Å². The molecule has 0 aliphatic carbocycles. The number of amides is 11. The summed E-state index contributed by atoms with van der Waals surface area (Å²) in [6.07, 6.45) is 7.52. The lowest BCUT2D eigenvalue weighted by Crippen LogP contribution is -2.61. The lowest BCUT2D eigenvalue weighted by molar-refractivity contribution is -0.142. The number of aromatic amines is 2. The normalized spacial score (nSPS) is 15.0. The third-order valence-corrected chi connectivity index (χ3v) is 17.8. The highest BCUT2D eigenvalue weighted by Gasteiger charge is 2.40. The van der Waals surface area contributed by atoms with Crippen LogP contribution in [-0.4, -0.2) is 186 Å². The maximum absolute atomic E-state index is 15.1. The number of aliphatic hydroxyl groups excluding tert-OH is 1. The second kappa shape index (κ2) is 37.0. The number of nitrogens with zero attached hydrogens (tertiary/aromatic N) is 3. The van der Waals surface area contributed by atoms with Crippen molar-refractivity contribution in [2.45, 2.75) is 132 Å². The topological polar surface area (TPSA) is 469 Å². The Morgan fingerprint density at radius 3 is 1.66 bits per heavy atom. The van der Waals surface area contributed by atoms with Crippen LogP contribution in [-0.2, 0) is 91.3 Å². The summed E-state index contributed by atoms with van der Waals surface area (Å²) in [6.45, 7) is 0.0285. The molecule has 11 amide bonds. The number of para-hydroxylation sites is 1. The third kappa shape index (κ3) is 21.7. The van der Waals surface area contributed by atoms with Gasteiger partial charge in [-0.05, 0) is 114 Å². The molecule has 9 atom stereocenters. The summed E-state index contributed by atoms with van der Waals surface area (Å²) in [5.74, 6) is -9.13. The molecule has 546 valence electrons. The van der Waals surface area contributed by atoms with Gasteiger partial charge in [-0.25, -0.2) is 4.98 Å². The number of pyridine rings is 1. The van der Waals surface area contributed by atoms with Crippen molar-refractivity contribution >= 4 is 86.7 Å². The summed E-state index contributed by atoms with van der Waals surface area (Å²) in [5, 5.41) is 57.9. The van der Waals surface area contributed by atoms with E-state index in [1.165, 1.54) is 73.1 Å². The largest absolute Gasteiger partial charge is 0.508 e. The molecule has 0 bridgehead atoms. The van der Waals surface area contributed by atoms with E-state index in [1.54, 1.807) is 42.6 Å². The standard InChI is InChI=1S/C74H86N16O14/c1-43(92)82-57(33-46-17-22-48-11-2-3-12-49(48)30-46)67(97)84-58(31-44-18-23-52(93)24-19-44)68(98)85-59(34-47-10-8-28-77-37-47)69(99)89-63(41-91)72(102)87-61(36-51-39-78-42-81-51)71(101)83-56(15-6-7-27-75)66(96)86-60(35-50-38-79-55-14-5-4-13-54(50)55)70(100)88-62(32-45-20-25-53(94)26-21-45)74(104)90-29-9-16-64(90)73(103)80-40-65(76)95/h2-5,8,10-14,17-26,28,30,37-39,42,56-64,79,91,93-94H,6-7,9,15-16,27,29,31-36,40-41,75H2,1H3,(H2,76,95)(H,78,81)(H,80,103)(H,82,92)(H,83,101)(H,84,97)(H,85,98)(H,86,96)(H,87,102)(H,88,100)(H,89,99)/t56-,57-,58+,59-,60+,61+,62+,63+,64+/m1/s1. The van der Waals surface area contributed by atoms with Crippen LogP contribution in [0.3, 0.4) is 0 Å². The van der Waals surface area contributed by atoms with E-state index in [4.69, 9.17) is 11.5 Å². The third-order valence-electron chi connectivity index (χ3n) is 17.8. The molecule has 9 rings (SSSR count). The molecule has 1 aliphatic heterocycles. The van der Waals surface area contributed by atoms with Crippen LogP contribution in [0.25, 0.3) is 21.7 Å². The molecule has 1 aliphatic rings. The van der Waals surface area contributed by atoms with Crippen molar-refractivity contribution < 1.29 is 68.1 Å². The molecule has 5 aromatic carbocycles. The van der Waals surface area contributed by atoms with Gasteiger partial charge in [-0.2, -0.15) is 0 Å². The highest BCUT2D eigenvalue weighted by Crippen LogP contribution is 2.24. The van der Waals surface area contributed by atoms with Crippen molar-refractivity contribution in [2.24, 2.45) is 11.5 Å². The van der Waals surface area contributed by atoms with Crippen molar-refractivity contribution in [2.75, 3.05) is 26.2 Å². The zero-order chi connectivity index (χ0) is 74.2. The number of primary amides is 1. The summed E-state index contributed by atoms with van der Waals surface area (Å²) in [6, 6.07) is 22.5. The number of aromatic hydroxyl groups is 2. The van der Waals surface area contributed by atoms with E-state index in [0.717, 1.165) is 10.8 Å². The van der Waals surface area contributed by atoms with Gasteiger partial charge in [-0.15, -0.1) is 0 Å². The number of imidazole rings is 1. The van der Waals surface area contributed by atoms with Crippen molar-refractivity contribution in [1.29, 1.82) is 0 Å². The van der Waals surface area contributed by atoms with Crippen molar-refractivity contribution in [1.82, 2.24) is 72.7 Å². The summed E-state index contributed by atoms with van der Waals surface area (Å²) in [5.41, 5.74) is 15.0. The number of nitrogens with one attached hydrogen (secondary N) is 11. The van der Waals surface area contributed by atoms with Gasteiger partial charge in [0, 0.05) is 93.4 Å². The Labute approximate surface area is 598 Å². The zero-order valence-electron chi connectivity index (χ0n) is 57.1. The molecule has 8 aromatic rings. The van der Waals surface area contributed by atoms with Gasteiger partial charge in [-0.3, -0.25) is 57.7 Å². The van der Waals surface area contributed by atoms with Gasteiger partial charge in [0.25, 0.3) is 0 Å². The number of nitrogens with two attached hydrogens (primary N) is 2. The van der Waals surface area contributed by atoms with Crippen LogP contribution < -0.4 is 59.3 Å². The molecule has 1 saturated heterocycles. The van der Waals surface area contributed by atoms with E-state index in [9.17, 15) is 58.5 Å². The molecule has 30 nitrogen and oxygen atoms in total. The minimum absolute atomic E-state index is 0.0237. The zero-order valence-corrected chi connectivity index (χ0v) is 57.1. The molecule has 18 N–H and O–H groups in total. The number of phenolic OH excluding ortho intramolecular Hbond substituents is 2. The molecule has 104 heavy (non-hydrogen) atoms. The van der Waals surface area contributed by atoms with Gasteiger partial charge >= 0.3 is 0 Å². The number of hydrogen-bond donors (Lipinski definition) is 16. The molecular formula is C74H86N16O14. The summed E-state index contributed by atoms with van der Waals surface area (Å²) < 4.78 is 0. The molecule has 1 fully saturated rings. The fraction of sp³-hybridized carbons (Fsp3) is 0.338. The second-order valence-corrected chi connectivity index (χ2v) is 25.6. The first-order valence-electron chi connectivity index (χ1n) is 34.1. The number of phenols is 2. The number of aromatic nitrogens is 4. The molecule has 0 saturated carbocycles. The number of benzene rings is 5. The summed E-state index contributed by atoms with van der Waals surface area (Å²) >= 11 is 0. The predicted molar refractivity (Wildman–Crippen MR) is 382 cm³/mol. The van der Waals surface area contributed by atoms with Gasteiger partial charge in [0.2, 0.25) is 65.0 Å². The van der Waals surface area contributed by atoms with Crippen LogP contribution >= 0.6 is 0 Å².